The second-order valence-electron chi connectivity index (χ2n) is 14.0. The molecule has 0 amide bonds. The van der Waals surface area contributed by atoms with Gasteiger partial charge >= 0.3 is 0 Å². The average Bonchev–Trinajstić information content (AvgIpc) is 3.82. The summed E-state index contributed by atoms with van der Waals surface area (Å²) in [5.74, 6) is 0. The lowest BCUT2D eigenvalue weighted by atomic mass is 10.1. The third kappa shape index (κ3) is 10.5. The summed E-state index contributed by atoms with van der Waals surface area (Å²) in [6.45, 7) is 19.0. The van der Waals surface area contributed by atoms with Crippen molar-refractivity contribution in [3.63, 3.8) is 0 Å². The van der Waals surface area contributed by atoms with Crippen LogP contribution >= 0.6 is 0 Å². The highest BCUT2D eigenvalue weighted by Crippen LogP contribution is 2.21. The topological polar surface area (TPSA) is 99.4 Å². The normalized spacial score (nSPS) is 34.3. The molecule has 1 aromatic rings. The molecule has 238 valence electrons. The van der Waals surface area contributed by atoms with E-state index >= 15 is 0 Å². The van der Waals surface area contributed by atoms with Crippen molar-refractivity contribution in [3.05, 3.63) is 35.4 Å². The van der Waals surface area contributed by atoms with Gasteiger partial charge in [0.1, 0.15) is 0 Å². The minimum absolute atomic E-state index is 0.459. The first-order chi connectivity index (χ1) is 20.0. The molecule has 4 N–H and O–H groups in total. The number of rotatable bonds is 20. The number of benzene rings is 1. The van der Waals surface area contributed by atoms with Crippen LogP contribution in [0, 0.1) is 0 Å². The van der Waals surface area contributed by atoms with Gasteiger partial charge in [0.25, 0.3) is 0 Å². The summed E-state index contributed by atoms with van der Waals surface area (Å²) in [6.07, 6.45) is -1.84. The fourth-order valence-corrected chi connectivity index (χ4v) is 6.44. The minimum Gasteiger partial charge on any atom is -0.390 e. The number of aliphatic hydroxyl groups is 4. The van der Waals surface area contributed by atoms with Crippen LogP contribution < -0.4 is 0 Å². The number of aliphatic hydroxyl groups excluding tert-OH is 4. The summed E-state index contributed by atoms with van der Waals surface area (Å²) in [5.41, 5.74) is 2.29. The predicted octanol–water partition coefficient (Wildman–Crippen LogP) is -0.449. The standard InChI is InChI=1S/C32H56N6O4/c1-23-9-35(23)19-29(39)15-33(16-30(40)20-36-10-24(36)2)13-27-6-5-7-28(8-27)14-34(17-31(41)21-37-11-25(37)3)18-32(42)22-38-12-26(38)4/h5-8,23-26,29-32,39-42H,9-22H2,1-4H3. The van der Waals surface area contributed by atoms with Crippen molar-refractivity contribution in [3.8, 4) is 0 Å². The molecule has 0 bridgehead atoms. The Morgan fingerprint density at radius 3 is 1.07 bits per heavy atom. The first kappa shape index (κ1) is 32.2. The average molecular weight is 589 g/mol. The minimum atomic E-state index is -0.459. The third-order valence-electron chi connectivity index (χ3n) is 9.41. The third-order valence-corrected chi connectivity index (χ3v) is 9.41. The second kappa shape index (κ2) is 14.3. The maximum Gasteiger partial charge on any atom is 0.0794 e. The lowest BCUT2D eigenvalue weighted by Gasteiger charge is -2.29. The van der Waals surface area contributed by atoms with Gasteiger partial charge in [0, 0.05) is 116 Å². The number of hydrogen-bond acceptors (Lipinski definition) is 10. The van der Waals surface area contributed by atoms with Crippen molar-refractivity contribution >= 4 is 0 Å². The van der Waals surface area contributed by atoms with Crippen LogP contribution in [-0.4, -0.2) is 177 Å². The van der Waals surface area contributed by atoms with E-state index in [1.165, 1.54) is 0 Å². The Kier molecular flexibility index (Phi) is 11.0. The quantitative estimate of drug-likeness (QED) is 0.150. The van der Waals surface area contributed by atoms with Crippen LogP contribution in [0.2, 0.25) is 0 Å². The Morgan fingerprint density at radius 2 is 0.833 bits per heavy atom. The molecule has 4 heterocycles. The molecule has 1 aromatic carbocycles. The summed E-state index contributed by atoms with van der Waals surface area (Å²) >= 11 is 0. The van der Waals surface area contributed by atoms with Crippen LogP contribution in [0.15, 0.2) is 24.3 Å². The van der Waals surface area contributed by atoms with Gasteiger partial charge in [-0.3, -0.25) is 29.4 Å². The molecule has 0 aliphatic carbocycles. The Labute approximate surface area is 253 Å². The fourth-order valence-electron chi connectivity index (χ4n) is 6.44. The molecule has 0 spiro atoms. The van der Waals surface area contributed by atoms with E-state index in [0.717, 1.165) is 37.3 Å². The Morgan fingerprint density at radius 1 is 0.571 bits per heavy atom. The first-order valence-corrected chi connectivity index (χ1v) is 16.2. The van der Waals surface area contributed by atoms with E-state index in [1.807, 2.05) is 0 Å². The molecule has 0 saturated carbocycles. The Hall–Kier alpha value is -1.18. The first-order valence-electron chi connectivity index (χ1n) is 16.2. The van der Waals surface area contributed by atoms with Gasteiger partial charge in [0.15, 0.2) is 0 Å². The van der Waals surface area contributed by atoms with E-state index in [-0.39, 0.29) is 0 Å². The van der Waals surface area contributed by atoms with Gasteiger partial charge in [0.05, 0.1) is 24.4 Å². The summed E-state index contributed by atoms with van der Waals surface area (Å²) in [6, 6.07) is 10.7. The molecule has 4 aliphatic heterocycles. The van der Waals surface area contributed by atoms with E-state index in [9.17, 15) is 20.4 Å². The molecule has 5 rings (SSSR count). The zero-order valence-electron chi connectivity index (χ0n) is 26.3. The molecule has 12 unspecified atom stereocenters. The molecule has 12 atom stereocenters. The predicted molar refractivity (Wildman–Crippen MR) is 165 cm³/mol. The summed E-state index contributed by atoms with van der Waals surface area (Å²) < 4.78 is 0. The Bertz CT molecular complexity index is 878. The molecule has 0 radical (unpaired) electrons. The molecule has 42 heavy (non-hydrogen) atoms. The fraction of sp³-hybridized carbons (Fsp3) is 0.812. The zero-order chi connectivity index (χ0) is 30.0. The van der Waals surface area contributed by atoms with Gasteiger partial charge in [-0.15, -0.1) is 0 Å². The van der Waals surface area contributed by atoms with Gasteiger partial charge in [-0.1, -0.05) is 24.3 Å². The van der Waals surface area contributed by atoms with Crippen LogP contribution in [0.1, 0.15) is 38.8 Å². The smallest absolute Gasteiger partial charge is 0.0794 e. The van der Waals surface area contributed by atoms with Crippen molar-refractivity contribution in [2.45, 2.75) is 89.4 Å². The van der Waals surface area contributed by atoms with Crippen molar-refractivity contribution in [1.29, 1.82) is 0 Å². The van der Waals surface area contributed by atoms with Gasteiger partial charge in [0.2, 0.25) is 0 Å². The molecular formula is C32H56N6O4. The monoisotopic (exact) mass is 588 g/mol. The van der Waals surface area contributed by atoms with Crippen molar-refractivity contribution < 1.29 is 20.4 Å². The van der Waals surface area contributed by atoms with Gasteiger partial charge in [-0.2, -0.15) is 0 Å². The van der Waals surface area contributed by atoms with Crippen LogP contribution in [0.25, 0.3) is 0 Å². The molecule has 4 aliphatic rings. The van der Waals surface area contributed by atoms with Crippen LogP contribution in [0.3, 0.4) is 0 Å². The lowest BCUT2D eigenvalue weighted by molar-refractivity contribution is 0.0527. The van der Waals surface area contributed by atoms with E-state index in [1.54, 1.807) is 0 Å². The Balaban J connectivity index is 1.20. The van der Waals surface area contributed by atoms with E-state index in [4.69, 9.17) is 0 Å². The van der Waals surface area contributed by atoms with Crippen molar-refractivity contribution in [1.82, 2.24) is 29.4 Å². The molecule has 10 nitrogen and oxygen atoms in total. The highest BCUT2D eigenvalue weighted by Gasteiger charge is 2.34. The number of nitrogens with zero attached hydrogens (tertiary/aromatic N) is 6. The van der Waals surface area contributed by atoms with Gasteiger partial charge in [-0.25, -0.2) is 0 Å². The summed E-state index contributed by atoms with van der Waals surface area (Å²) in [7, 11) is 0. The molecule has 4 fully saturated rings. The maximum absolute atomic E-state index is 10.8. The van der Waals surface area contributed by atoms with Crippen molar-refractivity contribution in [2.24, 2.45) is 0 Å². The number of β-amino-alcohol motifs (C(OH)–C–C–N with tert-alkyl or cyclic N) is 4. The maximum atomic E-state index is 10.8. The highest BCUT2D eigenvalue weighted by atomic mass is 16.3. The van der Waals surface area contributed by atoms with Crippen molar-refractivity contribution in [2.75, 3.05) is 78.5 Å². The summed E-state index contributed by atoms with van der Waals surface area (Å²) in [5, 5.41) is 43.4. The SMILES string of the molecule is CC1CN1CC(O)CN(Cc1cccc(CN(CC(O)CN2CC2C)CC(O)CN2CC2C)c1)CC(O)CN1CC1C. The highest BCUT2D eigenvalue weighted by molar-refractivity contribution is 5.23. The van der Waals surface area contributed by atoms with Crippen LogP contribution in [0.5, 0.6) is 0 Å². The van der Waals surface area contributed by atoms with Gasteiger partial charge in [-0.05, 0) is 38.8 Å². The number of hydrogen-bond donors (Lipinski definition) is 4. The second-order valence-corrected chi connectivity index (χ2v) is 14.0. The van der Waals surface area contributed by atoms with Crippen LogP contribution in [-0.2, 0) is 13.1 Å². The lowest BCUT2D eigenvalue weighted by Crippen LogP contribution is -2.42. The van der Waals surface area contributed by atoms with Crippen LogP contribution in [0.4, 0.5) is 0 Å². The zero-order valence-corrected chi connectivity index (χ0v) is 26.3. The van der Waals surface area contributed by atoms with E-state index in [0.29, 0.717) is 89.6 Å². The molecule has 10 heteroatoms. The van der Waals surface area contributed by atoms with E-state index in [2.05, 4.69) is 81.4 Å². The van der Waals surface area contributed by atoms with Gasteiger partial charge < -0.3 is 20.4 Å². The molecular weight excluding hydrogens is 532 g/mol. The summed E-state index contributed by atoms with van der Waals surface area (Å²) in [4.78, 5) is 13.5. The molecule has 0 aromatic heterocycles. The molecule has 4 saturated heterocycles. The largest absolute Gasteiger partial charge is 0.390 e. The van der Waals surface area contributed by atoms with E-state index < -0.39 is 24.4 Å².